The summed E-state index contributed by atoms with van der Waals surface area (Å²) in [6, 6.07) is 25.6. The average molecular weight is 645 g/mol. The summed E-state index contributed by atoms with van der Waals surface area (Å²) in [5, 5.41) is 2.05. The summed E-state index contributed by atoms with van der Waals surface area (Å²) in [5.74, 6) is -1.32. The molecule has 2 N–H and O–H groups in total. The molecule has 6 rings (SSSR count). The first-order valence-corrected chi connectivity index (χ1v) is 15.5. The fraction of sp³-hybridized carbons (Fsp3) is 0.306. The number of nitrogens with zero attached hydrogens (tertiary/aromatic N) is 3. The molecule has 0 aromatic heterocycles. The van der Waals surface area contributed by atoms with Crippen molar-refractivity contribution in [2.45, 2.75) is 44.9 Å². The lowest BCUT2D eigenvalue weighted by Gasteiger charge is -2.53. The van der Waals surface area contributed by atoms with Crippen molar-refractivity contribution < 1.29 is 32.3 Å². The normalized spacial score (nSPS) is 20.0. The van der Waals surface area contributed by atoms with E-state index in [2.05, 4.69) is 0 Å². The number of halogens is 3. The first kappa shape index (κ1) is 32.1. The van der Waals surface area contributed by atoms with E-state index in [1.165, 1.54) is 15.9 Å². The number of piperazine rings is 1. The Bertz CT molecular complexity index is 1800. The molecule has 2 aliphatic heterocycles. The quantitative estimate of drug-likeness (QED) is 0.287. The Morgan fingerprint density at radius 1 is 0.851 bits per heavy atom. The standard InChI is InChI=1S/C36H35F3N4O4/c1-23-13-26(17-30(14-23)36(37,38)39)22-47-35(46)42-20-29(16-25-11-12-27-9-5-6-10-28(27)15-25)33(44)43-31(18-40)34(45)41(21-32(42)43)19-24-7-3-2-4-8-24/h2-15,17,29,31-32H,16,18-22,40H2,1H3/t29-,31-,32+/m0/s1. The Kier molecular flexibility index (Phi) is 8.92. The van der Waals surface area contributed by atoms with Gasteiger partial charge in [-0.25, -0.2) is 4.79 Å². The van der Waals surface area contributed by atoms with Gasteiger partial charge in [0.25, 0.3) is 0 Å². The van der Waals surface area contributed by atoms with Gasteiger partial charge in [0.1, 0.15) is 18.8 Å². The molecule has 3 atom stereocenters. The van der Waals surface area contributed by atoms with Crippen LogP contribution in [0.2, 0.25) is 0 Å². The van der Waals surface area contributed by atoms with Gasteiger partial charge in [0, 0.05) is 19.6 Å². The Hall–Kier alpha value is -4.90. The van der Waals surface area contributed by atoms with Crippen LogP contribution in [0.25, 0.3) is 10.8 Å². The molecular weight excluding hydrogens is 609 g/mol. The number of hydrogen-bond donors (Lipinski definition) is 1. The summed E-state index contributed by atoms with van der Waals surface area (Å²) < 4.78 is 46.0. The van der Waals surface area contributed by atoms with Crippen molar-refractivity contribution in [3.8, 4) is 0 Å². The first-order valence-electron chi connectivity index (χ1n) is 15.5. The lowest BCUT2D eigenvalue weighted by molar-refractivity contribution is -0.172. The Labute approximate surface area is 270 Å². The zero-order chi connectivity index (χ0) is 33.3. The summed E-state index contributed by atoms with van der Waals surface area (Å²) in [5.41, 5.74) is 7.62. The second kappa shape index (κ2) is 13.1. The van der Waals surface area contributed by atoms with E-state index in [1.54, 1.807) is 11.8 Å². The number of fused-ring (bicyclic) bond motifs is 2. The van der Waals surface area contributed by atoms with Crippen LogP contribution in [0.5, 0.6) is 0 Å². The van der Waals surface area contributed by atoms with Crippen molar-refractivity contribution in [3.63, 3.8) is 0 Å². The van der Waals surface area contributed by atoms with Gasteiger partial charge >= 0.3 is 12.3 Å². The molecule has 2 fully saturated rings. The van der Waals surface area contributed by atoms with Crippen LogP contribution in [0.4, 0.5) is 18.0 Å². The molecule has 2 saturated heterocycles. The topological polar surface area (TPSA) is 96.2 Å². The number of hydrogen-bond acceptors (Lipinski definition) is 5. The summed E-state index contributed by atoms with van der Waals surface area (Å²) in [6.07, 6.45) is -5.93. The molecule has 0 saturated carbocycles. The number of carbonyl (C=O) groups is 3. The lowest BCUT2D eigenvalue weighted by Crippen LogP contribution is -2.74. The second-order valence-corrected chi connectivity index (χ2v) is 12.2. The number of carbonyl (C=O) groups excluding carboxylic acids is 3. The van der Waals surface area contributed by atoms with Crippen LogP contribution < -0.4 is 5.73 Å². The Morgan fingerprint density at radius 3 is 2.30 bits per heavy atom. The van der Waals surface area contributed by atoms with E-state index in [0.717, 1.165) is 34.0 Å². The average Bonchev–Trinajstić information content (AvgIpc) is 3.05. The van der Waals surface area contributed by atoms with Crippen molar-refractivity contribution in [2.75, 3.05) is 19.6 Å². The van der Waals surface area contributed by atoms with E-state index in [1.807, 2.05) is 72.8 Å². The minimum atomic E-state index is -4.55. The zero-order valence-corrected chi connectivity index (χ0v) is 25.8. The van der Waals surface area contributed by atoms with Crippen LogP contribution in [0.15, 0.2) is 91.0 Å². The summed E-state index contributed by atoms with van der Waals surface area (Å²) in [6.45, 7) is 1.26. The maximum absolute atomic E-state index is 14.1. The third-order valence-corrected chi connectivity index (χ3v) is 8.81. The highest BCUT2D eigenvalue weighted by molar-refractivity contribution is 5.92. The van der Waals surface area contributed by atoms with Gasteiger partial charge in [-0.3, -0.25) is 14.5 Å². The van der Waals surface area contributed by atoms with Crippen LogP contribution in [0, 0.1) is 12.8 Å². The molecule has 0 radical (unpaired) electrons. The van der Waals surface area contributed by atoms with E-state index in [-0.39, 0.29) is 43.6 Å². The maximum atomic E-state index is 14.1. The highest BCUT2D eigenvalue weighted by atomic mass is 19.4. The van der Waals surface area contributed by atoms with Gasteiger partial charge in [-0.05, 0) is 52.9 Å². The third kappa shape index (κ3) is 6.80. The fourth-order valence-electron chi connectivity index (χ4n) is 6.61. The van der Waals surface area contributed by atoms with E-state index >= 15 is 0 Å². The molecular formula is C36H35F3N4O4. The van der Waals surface area contributed by atoms with Gasteiger partial charge in [-0.1, -0.05) is 84.4 Å². The smallest absolute Gasteiger partial charge is 0.416 e. The van der Waals surface area contributed by atoms with Crippen LogP contribution in [0.3, 0.4) is 0 Å². The number of rotatable bonds is 7. The third-order valence-electron chi connectivity index (χ3n) is 8.81. The minimum absolute atomic E-state index is 0.00205. The van der Waals surface area contributed by atoms with Gasteiger partial charge in [0.15, 0.2) is 0 Å². The van der Waals surface area contributed by atoms with Crippen LogP contribution >= 0.6 is 0 Å². The van der Waals surface area contributed by atoms with Crippen molar-refractivity contribution >= 4 is 28.7 Å². The van der Waals surface area contributed by atoms with Crippen LogP contribution in [-0.4, -0.2) is 64.4 Å². The molecule has 0 unspecified atom stereocenters. The molecule has 2 heterocycles. The number of ether oxygens (including phenoxy) is 1. The fourth-order valence-corrected chi connectivity index (χ4v) is 6.61. The van der Waals surface area contributed by atoms with Gasteiger partial charge in [-0.2, -0.15) is 13.2 Å². The molecule has 0 aliphatic carbocycles. The monoisotopic (exact) mass is 644 g/mol. The van der Waals surface area contributed by atoms with Gasteiger partial charge in [0.05, 0.1) is 18.0 Å². The molecule has 0 bridgehead atoms. The molecule has 4 aromatic carbocycles. The summed E-state index contributed by atoms with van der Waals surface area (Å²) in [4.78, 5) is 46.1. The first-order chi connectivity index (χ1) is 22.5. The van der Waals surface area contributed by atoms with E-state index in [9.17, 15) is 27.6 Å². The highest BCUT2D eigenvalue weighted by Gasteiger charge is 2.51. The molecule has 2 aliphatic rings. The maximum Gasteiger partial charge on any atom is 0.416 e. The molecule has 3 amide bonds. The number of amides is 3. The highest BCUT2D eigenvalue weighted by Crippen LogP contribution is 2.33. The van der Waals surface area contributed by atoms with Crippen molar-refractivity contribution in [1.82, 2.24) is 14.7 Å². The largest absolute Gasteiger partial charge is 0.444 e. The van der Waals surface area contributed by atoms with Gasteiger partial charge < -0.3 is 20.3 Å². The molecule has 0 spiro atoms. The Balaban J connectivity index is 1.30. The predicted molar refractivity (Wildman–Crippen MR) is 170 cm³/mol. The van der Waals surface area contributed by atoms with Crippen molar-refractivity contribution in [2.24, 2.45) is 11.7 Å². The number of alkyl halides is 3. The molecule has 4 aromatic rings. The number of nitrogens with two attached hydrogens (primary N) is 1. The van der Waals surface area contributed by atoms with Crippen molar-refractivity contribution in [1.29, 1.82) is 0 Å². The SMILES string of the molecule is Cc1cc(COC(=O)N2C[C@H](Cc3ccc4ccccc4c3)C(=O)N3[C@@H]2CN(Cc2ccccc2)C(=O)[C@@H]3CN)cc(C(F)(F)F)c1. The van der Waals surface area contributed by atoms with Crippen LogP contribution in [0.1, 0.15) is 27.8 Å². The summed E-state index contributed by atoms with van der Waals surface area (Å²) >= 11 is 0. The molecule has 8 nitrogen and oxygen atoms in total. The van der Waals surface area contributed by atoms with Gasteiger partial charge in [0.2, 0.25) is 11.8 Å². The van der Waals surface area contributed by atoms with Crippen molar-refractivity contribution in [3.05, 3.63) is 119 Å². The Morgan fingerprint density at radius 2 is 1.57 bits per heavy atom. The summed E-state index contributed by atoms with van der Waals surface area (Å²) in [7, 11) is 0. The van der Waals surface area contributed by atoms with E-state index in [4.69, 9.17) is 10.5 Å². The number of aryl methyl sites for hydroxylation is 1. The molecule has 47 heavy (non-hydrogen) atoms. The number of benzene rings is 4. The molecule has 11 heteroatoms. The lowest BCUT2D eigenvalue weighted by atomic mass is 9.91. The van der Waals surface area contributed by atoms with Crippen LogP contribution in [-0.2, 0) is 40.1 Å². The van der Waals surface area contributed by atoms with Gasteiger partial charge in [-0.15, -0.1) is 0 Å². The van der Waals surface area contributed by atoms with E-state index in [0.29, 0.717) is 12.0 Å². The predicted octanol–water partition coefficient (Wildman–Crippen LogP) is 5.50. The zero-order valence-electron chi connectivity index (χ0n) is 25.8. The molecule has 244 valence electrons. The van der Waals surface area contributed by atoms with E-state index < -0.39 is 42.6 Å². The minimum Gasteiger partial charge on any atom is -0.444 e. The second-order valence-electron chi connectivity index (χ2n) is 12.2.